The van der Waals surface area contributed by atoms with Gasteiger partial charge in [0.2, 0.25) is 5.91 Å². The van der Waals surface area contributed by atoms with Gasteiger partial charge in [-0.25, -0.2) is 0 Å². The highest BCUT2D eigenvalue weighted by atomic mass is 16.1. The highest BCUT2D eigenvalue weighted by Gasteiger charge is 2.24. The van der Waals surface area contributed by atoms with Crippen LogP contribution in [-0.4, -0.2) is 5.91 Å². The summed E-state index contributed by atoms with van der Waals surface area (Å²) < 4.78 is 0. The first kappa shape index (κ1) is 10.0. The number of rotatable bonds is 1. The zero-order valence-electron chi connectivity index (χ0n) is 8.72. The normalized spacial score (nSPS) is 25.2. The van der Waals surface area contributed by atoms with Crippen molar-refractivity contribution in [3.05, 3.63) is 23.9 Å². The van der Waals surface area contributed by atoms with Crippen molar-refractivity contribution in [2.24, 2.45) is 11.3 Å². The van der Waals surface area contributed by atoms with Crippen molar-refractivity contribution in [1.29, 1.82) is 0 Å². The van der Waals surface area contributed by atoms with Gasteiger partial charge in [0.1, 0.15) is 0 Å². The van der Waals surface area contributed by atoms with Crippen LogP contribution < -0.4 is 5.32 Å². The Hall–Kier alpha value is -1.05. The largest absolute Gasteiger partial charge is 0.327 e. The van der Waals surface area contributed by atoms with Crippen molar-refractivity contribution in [2.45, 2.75) is 27.7 Å². The smallest absolute Gasteiger partial charge is 0.221 e. The molecule has 2 nitrogen and oxygen atoms in total. The summed E-state index contributed by atoms with van der Waals surface area (Å²) in [5.41, 5.74) is 1.04. The third-order valence-corrected chi connectivity index (χ3v) is 2.59. The van der Waals surface area contributed by atoms with E-state index in [0.29, 0.717) is 5.92 Å². The topological polar surface area (TPSA) is 29.1 Å². The SMILES string of the molecule is CC(=O)NC1=CC(C)(C)C(C)C=C1. The van der Waals surface area contributed by atoms with Crippen LogP contribution in [0, 0.1) is 11.3 Å². The number of amides is 1. The lowest BCUT2D eigenvalue weighted by molar-refractivity contribution is -0.118. The third-order valence-electron chi connectivity index (χ3n) is 2.59. The van der Waals surface area contributed by atoms with E-state index < -0.39 is 0 Å². The Labute approximate surface area is 79.7 Å². The molecule has 1 rings (SSSR count). The van der Waals surface area contributed by atoms with E-state index in [1.54, 1.807) is 0 Å². The predicted octanol–water partition coefficient (Wildman–Crippen LogP) is 2.24. The first-order chi connectivity index (χ1) is 5.92. The molecule has 0 aliphatic heterocycles. The molecule has 0 radical (unpaired) electrons. The average Bonchev–Trinajstić information content (AvgIpc) is 1.95. The van der Waals surface area contributed by atoms with Gasteiger partial charge < -0.3 is 5.32 Å². The molecule has 0 fully saturated rings. The minimum absolute atomic E-state index is 0.0127. The second-order valence-corrected chi connectivity index (χ2v) is 4.25. The third kappa shape index (κ3) is 2.44. The fraction of sp³-hybridized carbons (Fsp3) is 0.545. The number of carbonyl (C=O) groups excluding carboxylic acids is 1. The second kappa shape index (κ2) is 3.36. The van der Waals surface area contributed by atoms with Crippen molar-refractivity contribution in [3.63, 3.8) is 0 Å². The zero-order valence-corrected chi connectivity index (χ0v) is 8.72. The molecule has 0 saturated heterocycles. The Kier molecular flexibility index (Phi) is 2.60. The van der Waals surface area contributed by atoms with Gasteiger partial charge in [-0.2, -0.15) is 0 Å². The highest BCUT2D eigenvalue weighted by molar-refractivity contribution is 5.75. The lowest BCUT2D eigenvalue weighted by Crippen LogP contribution is -2.26. The van der Waals surface area contributed by atoms with E-state index in [-0.39, 0.29) is 11.3 Å². The fourth-order valence-corrected chi connectivity index (χ4v) is 1.36. The lowest BCUT2D eigenvalue weighted by Gasteiger charge is -2.30. The molecule has 1 aliphatic rings. The van der Waals surface area contributed by atoms with Crippen LogP contribution in [0.4, 0.5) is 0 Å². The highest BCUT2D eigenvalue weighted by Crippen LogP contribution is 2.33. The lowest BCUT2D eigenvalue weighted by atomic mass is 9.76. The van der Waals surface area contributed by atoms with Crippen LogP contribution in [0.2, 0.25) is 0 Å². The van der Waals surface area contributed by atoms with Crippen LogP contribution in [0.1, 0.15) is 27.7 Å². The van der Waals surface area contributed by atoms with Crippen molar-refractivity contribution in [3.8, 4) is 0 Å². The molecule has 1 N–H and O–H groups in total. The summed E-state index contributed by atoms with van der Waals surface area (Å²) in [6.45, 7) is 8.04. The Morgan fingerprint density at radius 1 is 1.54 bits per heavy atom. The van der Waals surface area contributed by atoms with Crippen LogP contribution in [0.5, 0.6) is 0 Å². The molecule has 1 aliphatic carbocycles. The van der Waals surface area contributed by atoms with Crippen LogP contribution in [-0.2, 0) is 4.79 Å². The molecule has 0 saturated carbocycles. The van der Waals surface area contributed by atoms with Gasteiger partial charge in [-0.3, -0.25) is 4.79 Å². The van der Waals surface area contributed by atoms with Crippen LogP contribution in [0.3, 0.4) is 0 Å². The summed E-state index contributed by atoms with van der Waals surface area (Å²) in [5, 5.41) is 2.79. The molecule has 0 aromatic heterocycles. The predicted molar refractivity (Wildman–Crippen MR) is 54.0 cm³/mol. The summed E-state index contributed by atoms with van der Waals surface area (Å²) in [6, 6.07) is 0. The van der Waals surface area contributed by atoms with E-state index in [0.717, 1.165) is 5.70 Å². The fourth-order valence-electron chi connectivity index (χ4n) is 1.36. The van der Waals surface area contributed by atoms with E-state index in [4.69, 9.17) is 0 Å². The molecule has 2 heteroatoms. The van der Waals surface area contributed by atoms with Gasteiger partial charge in [0.15, 0.2) is 0 Å². The van der Waals surface area contributed by atoms with Crippen molar-refractivity contribution < 1.29 is 4.79 Å². The number of nitrogens with one attached hydrogen (secondary N) is 1. The first-order valence-corrected chi connectivity index (χ1v) is 4.60. The molecule has 0 spiro atoms. The summed E-state index contributed by atoms with van der Waals surface area (Å²) in [4.78, 5) is 10.8. The molecular formula is C11H17NO. The second-order valence-electron chi connectivity index (χ2n) is 4.25. The van der Waals surface area contributed by atoms with Gasteiger partial charge in [0.05, 0.1) is 0 Å². The van der Waals surface area contributed by atoms with E-state index in [2.05, 4.69) is 38.2 Å². The quantitative estimate of drug-likeness (QED) is 0.657. The van der Waals surface area contributed by atoms with Gasteiger partial charge in [-0.1, -0.05) is 32.9 Å². The Morgan fingerprint density at radius 2 is 2.15 bits per heavy atom. The molecule has 1 amide bonds. The number of carbonyl (C=O) groups is 1. The Bertz CT molecular complexity index is 274. The van der Waals surface area contributed by atoms with E-state index in [9.17, 15) is 4.79 Å². The average molecular weight is 179 g/mol. The van der Waals surface area contributed by atoms with Gasteiger partial charge in [0, 0.05) is 12.6 Å². The molecule has 0 aromatic rings. The Morgan fingerprint density at radius 3 is 2.62 bits per heavy atom. The molecule has 1 atom stereocenters. The van der Waals surface area contributed by atoms with Crippen LogP contribution in [0.15, 0.2) is 23.9 Å². The van der Waals surface area contributed by atoms with Gasteiger partial charge in [-0.15, -0.1) is 0 Å². The van der Waals surface area contributed by atoms with Crippen molar-refractivity contribution in [1.82, 2.24) is 5.32 Å². The maximum Gasteiger partial charge on any atom is 0.221 e. The number of hydrogen-bond donors (Lipinski definition) is 1. The minimum Gasteiger partial charge on any atom is -0.327 e. The zero-order chi connectivity index (χ0) is 10.1. The number of allylic oxidation sites excluding steroid dienone is 3. The summed E-state index contributed by atoms with van der Waals surface area (Å²) in [5.74, 6) is 0.506. The Balaban J connectivity index is 2.79. The monoisotopic (exact) mass is 179 g/mol. The van der Waals surface area contributed by atoms with Gasteiger partial charge in [-0.05, 0) is 17.4 Å². The molecule has 0 heterocycles. The minimum atomic E-state index is -0.0127. The number of hydrogen-bond acceptors (Lipinski definition) is 1. The first-order valence-electron chi connectivity index (χ1n) is 4.60. The standard InChI is InChI=1S/C11H17NO/c1-8-5-6-10(12-9(2)13)7-11(8,3)4/h5-8H,1-4H3,(H,12,13). The van der Waals surface area contributed by atoms with Gasteiger partial charge >= 0.3 is 0 Å². The van der Waals surface area contributed by atoms with Crippen LogP contribution >= 0.6 is 0 Å². The molecule has 0 aromatic carbocycles. The summed E-state index contributed by atoms with van der Waals surface area (Å²) >= 11 is 0. The van der Waals surface area contributed by atoms with E-state index in [1.807, 2.05) is 6.08 Å². The van der Waals surface area contributed by atoms with Crippen molar-refractivity contribution >= 4 is 5.91 Å². The molecule has 0 bridgehead atoms. The molecule has 1 unspecified atom stereocenters. The molecule has 13 heavy (non-hydrogen) atoms. The van der Waals surface area contributed by atoms with E-state index in [1.165, 1.54) is 6.92 Å². The maximum absolute atomic E-state index is 10.8. The maximum atomic E-state index is 10.8. The molecule has 72 valence electrons. The van der Waals surface area contributed by atoms with Gasteiger partial charge in [0.25, 0.3) is 0 Å². The summed E-state index contributed by atoms with van der Waals surface area (Å²) in [6.07, 6.45) is 6.21. The summed E-state index contributed by atoms with van der Waals surface area (Å²) in [7, 11) is 0. The molecular weight excluding hydrogens is 162 g/mol. The van der Waals surface area contributed by atoms with E-state index >= 15 is 0 Å². The van der Waals surface area contributed by atoms with Crippen molar-refractivity contribution in [2.75, 3.05) is 0 Å². The van der Waals surface area contributed by atoms with Crippen LogP contribution in [0.25, 0.3) is 0 Å².